The monoisotopic (exact) mass is 608 g/mol. The molecule has 0 unspecified atom stereocenters. The van der Waals surface area contributed by atoms with E-state index in [1.165, 1.54) is 19.2 Å². The molecule has 1 N–H and O–H groups in total. The van der Waals surface area contributed by atoms with Gasteiger partial charge in [0.05, 0.1) is 18.2 Å². The number of ether oxygens (including phenoxy) is 1. The molecule has 26 heavy (non-hydrogen) atoms. The standard InChI is InChI=1S/C16H8Br4N2O4/c1-26-7-4-2-6(3-5-7)14(23)21-22-15(24)8-9(16(22)25)11(18)13(20)12(19)10(8)17/h2-5H,1H3,(H,21,23). The Balaban J connectivity index is 1.94. The van der Waals surface area contributed by atoms with E-state index in [0.717, 1.165) is 0 Å². The van der Waals surface area contributed by atoms with Crippen LogP contribution >= 0.6 is 63.7 Å². The van der Waals surface area contributed by atoms with Crippen molar-refractivity contribution in [1.82, 2.24) is 10.4 Å². The van der Waals surface area contributed by atoms with Gasteiger partial charge < -0.3 is 4.74 Å². The zero-order chi connectivity index (χ0) is 19.2. The number of carbonyl (C=O) groups excluding carboxylic acids is 3. The Labute approximate surface area is 181 Å². The molecule has 1 aliphatic rings. The Kier molecular flexibility index (Phi) is 5.57. The first-order chi connectivity index (χ1) is 12.3. The van der Waals surface area contributed by atoms with Gasteiger partial charge in [-0.2, -0.15) is 5.01 Å². The minimum atomic E-state index is -0.632. The van der Waals surface area contributed by atoms with Gasteiger partial charge in [0.1, 0.15) is 5.75 Å². The second kappa shape index (κ2) is 7.41. The average molecular weight is 612 g/mol. The molecule has 0 atom stereocenters. The van der Waals surface area contributed by atoms with Gasteiger partial charge in [-0.15, -0.1) is 0 Å². The first-order valence-corrected chi connectivity index (χ1v) is 10.1. The van der Waals surface area contributed by atoms with Crippen LogP contribution in [0.2, 0.25) is 0 Å². The predicted molar refractivity (Wildman–Crippen MR) is 108 cm³/mol. The highest BCUT2D eigenvalue weighted by Crippen LogP contribution is 2.44. The number of carbonyl (C=O) groups is 3. The third-order valence-corrected chi connectivity index (χ3v) is 8.43. The number of nitrogens with one attached hydrogen (secondary N) is 1. The van der Waals surface area contributed by atoms with Crippen LogP contribution in [-0.2, 0) is 0 Å². The van der Waals surface area contributed by atoms with E-state index < -0.39 is 17.7 Å². The Morgan fingerprint density at radius 1 is 0.885 bits per heavy atom. The van der Waals surface area contributed by atoms with Crippen molar-refractivity contribution in [3.8, 4) is 5.75 Å². The van der Waals surface area contributed by atoms with Gasteiger partial charge in [0, 0.05) is 23.5 Å². The number of nitrogens with zero attached hydrogens (tertiary/aromatic N) is 1. The molecule has 1 aliphatic heterocycles. The third kappa shape index (κ3) is 3.12. The Morgan fingerprint density at radius 2 is 1.35 bits per heavy atom. The highest BCUT2D eigenvalue weighted by Gasteiger charge is 2.42. The molecule has 0 spiro atoms. The van der Waals surface area contributed by atoms with Crippen molar-refractivity contribution in [2.75, 3.05) is 7.11 Å². The number of halogens is 4. The molecule has 0 fully saturated rings. The summed E-state index contributed by atoms with van der Waals surface area (Å²) in [6, 6.07) is 6.29. The van der Waals surface area contributed by atoms with Gasteiger partial charge in [0.25, 0.3) is 17.7 Å². The topological polar surface area (TPSA) is 75.7 Å². The summed E-state index contributed by atoms with van der Waals surface area (Å²) in [6.45, 7) is 0. The lowest BCUT2D eigenvalue weighted by atomic mass is 10.1. The fourth-order valence-corrected chi connectivity index (χ4v) is 4.82. The van der Waals surface area contributed by atoms with Crippen LogP contribution < -0.4 is 10.2 Å². The number of hydrazine groups is 1. The summed E-state index contributed by atoms with van der Waals surface area (Å²) in [5.74, 6) is -1.27. The molecule has 0 aliphatic carbocycles. The van der Waals surface area contributed by atoms with Gasteiger partial charge in [0.15, 0.2) is 0 Å². The molecule has 2 aromatic rings. The zero-order valence-electron chi connectivity index (χ0n) is 12.9. The number of hydrogen-bond donors (Lipinski definition) is 1. The van der Waals surface area contributed by atoms with Crippen LogP contribution in [0.25, 0.3) is 0 Å². The third-order valence-electron chi connectivity index (χ3n) is 3.67. The van der Waals surface area contributed by atoms with Gasteiger partial charge >= 0.3 is 0 Å². The zero-order valence-corrected chi connectivity index (χ0v) is 19.2. The molecule has 6 nitrogen and oxygen atoms in total. The predicted octanol–water partition coefficient (Wildman–Crippen LogP) is 4.69. The maximum absolute atomic E-state index is 12.7. The fourth-order valence-electron chi connectivity index (χ4n) is 2.36. The maximum atomic E-state index is 12.7. The number of amides is 3. The highest BCUT2D eigenvalue weighted by molar-refractivity contribution is 9.15. The van der Waals surface area contributed by atoms with Gasteiger partial charge in [-0.25, -0.2) is 0 Å². The van der Waals surface area contributed by atoms with E-state index >= 15 is 0 Å². The van der Waals surface area contributed by atoms with Crippen molar-refractivity contribution in [2.45, 2.75) is 0 Å². The number of methoxy groups -OCH3 is 1. The summed E-state index contributed by atoms with van der Waals surface area (Å²) >= 11 is 13.3. The molecular weight excluding hydrogens is 604 g/mol. The van der Waals surface area contributed by atoms with Crippen molar-refractivity contribution in [2.24, 2.45) is 0 Å². The SMILES string of the molecule is COc1ccc(C(=O)NN2C(=O)c3c(Br)c(Br)c(Br)c(Br)c3C2=O)cc1. The van der Waals surface area contributed by atoms with Crippen molar-refractivity contribution >= 4 is 81.4 Å². The Morgan fingerprint density at radius 3 is 1.77 bits per heavy atom. The molecular formula is C16H8Br4N2O4. The first kappa shape index (κ1) is 19.5. The van der Waals surface area contributed by atoms with Crippen LogP contribution in [0, 0.1) is 0 Å². The van der Waals surface area contributed by atoms with E-state index in [0.29, 0.717) is 28.6 Å². The van der Waals surface area contributed by atoms with Crippen LogP contribution in [0.1, 0.15) is 31.1 Å². The summed E-state index contributed by atoms with van der Waals surface area (Å²) in [7, 11) is 1.51. The number of imide groups is 1. The van der Waals surface area contributed by atoms with Gasteiger partial charge in [-0.05, 0) is 88.0 Å². The lowest BCUT2D eigenvalue weighted by Gasteiger charge is -2.15. The van der Waals surface area contributed by atoms with Crippen LogP contribution in [-0.4, -0.2) is 29.8 Å². The average Bonchev–Trinajstić information content (AvgIpc) is 2.89. The highest BCUT2D eigenvalue weighted by atomic mass is 79.9. The number of rotatable bonds is 3. The lowest BCUT2D eigenvalue weighted by molar-refractivity contribution is 0.0517. The molecule has 134 valence electrons. The molecule has 0 saturated heterocycles. The van der Waals surface area contributed by atoms with Gasteiger partial charge in [0.2, 0.25) is 0 Å². The van der Waals surface area contributed by atoms with Crippen molar-refractivity contribution < 1.29 is 19.1 Å². The van der Waals surface area contributed by atoms with Crippen LogP contribution in [0.5, 0.6) is 5.75 Å². The first-order valence-electron chi connectivity index (χ1n) is 6.97. The Hall–Kier alpha value is -1.23. The largest absolute Gasteiger partial charge is 0.497 e. The molecule has 10 heteroatoms. The van der Waals surface area contributed by atoms with E-state index in [-0.39, 0.29) is 16.7 Å². The summed E-state index contributed by atoms with van der Waals surface area (Å²) in [5.41, 5.74) is 2.95. The number of hydrogen-bond acceptors (Lipinski definition) is 4. The quantitative estimate of drug-likeness (QED) is 0.311. The summed E-state index contributed by atoms with van der Waals surface area (Å²) in [5, 5.41) is 0.700. The van der Waals surface area contributed by atoms with Gasteiger partial charge in [-0.1, -0.05) is 0 Å². The van der Waals surface area contributed by atoms with Crippen molar-refractivity contribution in [3.63, 3.8) is 0 Å². The summed E-state index contributed by atoms with van der Waals surface area (Å²) in [6.07, 6.45) is 0. The smallest absolute Gasteiger partial charge is 0.281 e. The minimum absolute atomic E-state index is 0.159. The van der Waals surface area contributed by atoms with E-state index in [1.54, 1.807) is 12.1 Å². The molecule has 0 saturated carbocycles. The lowest BCUT2D eigenvalue weighted by Crippen LogP contribution is -2.45. The maximum Gasteiger partial charge on any atom is 0.281 e. The van der Waals surface area contributed by atoms with Crippen molar-refractivity contribution in [1.29, 1.82) is 0 Å². The Bertz CT molecular complexity index is 913. The van der Waals surface area contributed by atoms with Crippen molar-refractivity contribution in [3.05, 3.63) is 58.8 Å². The molecule has 0 bridgehead atoms. The van der Waals surface area contributed by atoms with Crippen LogP contribution in [0.3, 0.4) is 0 Å². The molecule has 3 amide bonds. The summed E-state index contributed by atoms with van der Waals surface area (Å²) in [4.78, 5) is 37.8. The van der Waals surface area contributed by atoms with Gasteiger partial charge in [-0.3, -0.25) is 19.8 Å². The second-order valence-corrected chi connectivity index (χ2v) is 8.29. The van der Waals surface area contributed by atoms with E-state index in [1.807, 2.05) is 0 Å². The van der Waals surface area contributed by atoms with E-state index in [9.17, 15) is 14.4 Å². The normalized spacial score (nSPS) is 13.0. The molecule has 1 heterocycles. The fraction of sp³-hybridized carbons (Fsp3) is 0.0625. The summed E-state index contributed by atoms with van der Waals surface area (Å²) < 4.78 is 7.03. The van der Waals surface area contributed by atoms with E-state index in [4.69, 9.17) is 4.74 Å². The molecule has 0 aromatic heterocycles. The molecule has 0 radical (unpaired) electrons. The minimum Gasteiger partial charge on any atom is -0.497 e. The number of fused-ring (bicyclic) bond motifs is 1. The number of benzene rings is 2. The van der Waals surface area contributed by atoms with E-state index in [2.05, 4.69) is 69.1 Å². The van der Waals surface area contributed by atoms with Crippen LogP contribution in [0.15, 0.2) is 42.2 Å². The second-order valence-electron chi connectivity index (χ2n) is 5.12. The molecule has 3 rings (SSSR count). The molecule has 2 aromatic carbocycles. The van der Waals surface area contributed by atoms with Crippen LogP contribution in [0.4, 0.5) is 0 Å².